The topological polar surface area (TPSA) is 58.6 Å². The van der Waals surface area contributed by atoms with E-state index in [2.05, 4.69) is 25.4 Å². The van der Waals surface area contributed by atoms with Crippen molar-refractivity contribution in [2.45, 2.75) is 38.8 Å². The Bertz CT molecular complexity index is 298. The van der Waals surface area contributed by atoms with Crippen LogP contribution >= 0.6 is 0 Å². The third kappa shape index (κ3) is 9.60. The minimum atomic E-state index is -0.463. The molecule has 0 aromatic rings. The highest BCUT2D eigenvalue weighted by Crippen LogP contribution is 2.00. The minimum absolute atomic E-state index is 0.0640. The Hall–Kier alpha value is -1.30. The molecule has 0 heterocycles. The van der Waals surface area contributed by atoms with E-state index in [1.165, 1.54) is 6.04 Å². The van der Waals surface area contributed by atoms with Gasteiger partial charge in [-0.2, -0.15) is 0 Å². The Balaban J connectivity index is 3.98. The Kier molecular flexibility index (Phi) is 11.9. The minimum Gasteiger partial charge on any atom is -0.461 e. The largest absolute Gasteiger partial charge is 0.461 e. The summed E-state index contributed by atoms with van der Waals surface area (Å²) >= 11 is 0. The number of hydrogen-bond donors (Lipinski definition) is 1. The van der Waals surface area contributed by atoms with E-state index < -0.39 is 5.97 Å². The first kappa shape index (κ1) is 18.7. The molecule has 0 fully saturated rings. The fraction of sp³-hybridized carbons (Fsp3) is 0.714. The predicted octanol–water partition coefficient (Wildman–Crippen LogP) is 1.55. The van der Waals surface area contributed by atoms with E-state index in [1.54, 1.807) is 0 Å². The zero-order valence-electron chi connectivity index (χ0n) is 12.8. The van der Waals surface area contributed by atoms with Gasteiger partial charge in [-0.05, 0) is 12.8 Å². The molecule has 2 amide bonds. The fourth-order valence-corrected chi connectivity index (χ4v) is 2.42. The van der Waals surface area contributed by atoms with E-state index in [0.29, 0.717) is 6.54 Å². The number of esters is 1. The van der Waals surface area contributed by atoms with Gasteiger partial charge in [0, 0.05) is 28.7 Å². The first-order chi connectivity index (χ1) is 9.65. The van der Waals surface area contributed by atoms with E-state index >= 15 is 0 Å². The van der Waals surface area contributed by atoms with Crippen LogP contribution in [0.1, 0.15) is 26.2 Å². The molecule has 0 aliphatic rings. The number of nitrogens with zero attached hydrogens (tertiary/aromatic N) is 1. The maximum absolute atomic E-state index is 12.0. The first-order valence-electron chi connectivity index (χ1n) is 7.47. The van der Waals surface area contributed by atoms with Crippen molar-refractivity contribution in [2.75, 3.05) is 26.2 Å². The Labute approximate surface area is 124 Å². The molecule has 0 rings (SSSR count). The lowest BCUT2D eigenvalue weighted by Gasteiger charge is -2.22. The van der Waals surface area contributed by atoms with Crippen LogP contribution in [-0.2, 0) is 9.53 Å². The van der Waals surface area contributed by atoms with Gasteiger partial charge in [0.1, 0.15) is 6.61 Å². The second kappa shape index (κ2) is 12.7. The summed E-state index contributed by atoms with van der Waals surface area (Å²) in [7, 11) is 0.0705. The van der Waals surface area contributed by atoms with Gasteiger partial charge < -0.3 is 15.0 Å². The van der Waals surface area contributed by atoms with Gasteiger partial charge in [0.15, 0.2) is 0 Å². The van der Waals surface area contributed by atoms with Crippen molar-refractivity contribution < 1.29 is 14.3 Å². The van der Waals surface area contributed by atoms with Crippen LogP contribution in [0.2, 0.25) is 12.6 Å². The van der Waals surface area contributed by atoms with Crippen LogP contribution in [0.3, 0.4) is 0 Å². The molecule has 116 valence electrons. The summed E-state index contributed by atoms with van der Waals surface area (Å²) in [5, 5.41) is 2.78. The monoisotopic (exact) mass is 300 g/mol. The van der Waals surface area contributed by atoms with Gasteiger partial charge in [0.25, 0.3) is 0 Å². The Morgan fingerprint density at radius 1 is 1.35 bits per heavy atom. The van der Waals surface area contributed by atoms with E-state index in [1.807, 2.05) is 4.90 Å². The molecular formula is C14H28N2O3Si. The number of carbonyl (C=O) groups excluding carboxylic acids is 2. The molecule has 0 atom stereocenters. The van der Waals surface area contributed by atoms with Gasteiger partial charge in [-0.3, -0.25) is 0 Å². The number of amides is 2. The van der Waals surface area contributed by atoms with Gasteiger partial charge in [-0.25, -0.2) is 9.59 Å². The van der Waals surface area contributed by atoms with Crippen molar-refractivity contribution in [1.82, 2.24) is 10.2 Å². The summed E-state index contributed by atoms with van der Waals surface area (Å²) in [4.78, 5) is 24.7. The fourth-order valence-electron chi connectivity index (χ4n) is 1.70. The molecule has 0 bridgehead atoms. The average molecular weight is 300 g/mol. The molecule has 0 unspecified atom stereocenters. The summed E-state index contributed by atoms with van der Waals surface area (Å²) in [6.45, 7) is 9.84. The molecule has 0 saturated carbocycles. The number of nitrogens with one attached hydrogen (secondary N) is 1. The third-order valence-corrected chi connectivity index (χ3v) is 4.10. The van der Waals surface area contributed by atoms with Crippen LogP contribution in [-0.4, -0.2) is 52.7 Å². The van der Waals surface area contributed by atoms with Crippen molar-refractivity contribution in [3.8, 4) is 0 Å². The summed E-state index contributed by atoms with van der Waals surface area (Å²) in [6.07, 6.45) is 4.29. The third-order valence-electron chi connectivity index (χ3n) is 2.89. The highest BCUT2D eigenvalue weighted by atomic mass is 28.2. The van der Waals surface area contributed by atoms with Crippen molar-refractivity contribution >= 4 is 21.5 Å². The summed E-state index contributed by atoms with van der Waals surface area (Å²) in [5.74, 6) is -0.463. The Morgan fingerprint density at radius 3 is 2.65 bits per heavy atom. The maximum Gasteiger partial charge on any atom is 0.330 e. The lowest BCUT2D eigenvalue weighted by atomic mass is 10.3. The van der Waals surface area contributed by atoms with Crippen LogP contribution in [0.5, 0.6) is 0 Å². The lowest BCUT2D eigenvalue weighted by Crippen LogP contribution is -2.42. The highest BCUT2D eigenvalue weighted by Gasteiger charge is 2.11. The van der Waals surface area contributed by atoms with Crippen molar-refractivity contribution in [3.05, 3.63) is 12.7 Å². The number of hydrogen-bond acceptors (Lipinski definition) is 3. The summed E-state index contributed by atoms with van der Waals surface area (Å²) in [6, 6.07) is 1.21. The van der Waals surface area contributed by atoms with Gasteiger partial charge in [-0.15, -0.1) is 0 Å². The SMILES string of the molecule is C=CC(=O)OCCNC(=O)N(CCCC)CCC[SiH2]C. The number of rotatable bonds is 11. The van der Waals surface area contributed by atoms with Crippen LogP contribution < -0.4 is 5.32 Å². The van der Waals surface area contributed by atoms with E-state index in [4.69, 9.17) is 4.74 Å². The van der Waals surface area contributed by atoms with Gasteiger partial charge >= 0.3 is 12.0 Å². The Morgan fingerprint density at radius 2 is 2.05 bits per heavy atom. The van der Waals surface area contributed by atoms with Crippen LogP contribution in [0, 0.1) is 0 Å². The van der Waals surface area contributed by atoms with E-state index in [0.717, 1.165) is 38.4 Å². The maximum atomic E-state index is 12.0. The van der Waals surface area contributed by atoms with E-state index in [-0.39, 0.29) is 22.2 Å². The van der Waals surface area contributed by atoms with Crippen LogP contribution in [0.4, 0.5) is 4.79 Å². The summed E-state index contributed by atoms with van der Waals surface area (Å²) in [5.41, 5.74) is 0. The molecule has 6 heteroatoms. The van der Waals surface area contributed by atoms with Crippen LogP contribution in [0.25, 0.3) is 0 Å². The lowest BCUT2D eigenvalue weighted by molar-refractivity contribution is -0.137. The smallest absolute Gasteiger partial charge is 0.330 e. The molecule has 0 aliphatic carbocycles. The second-order valence-electron chi connectivity index (χ2n) is 4.65. The zero-order chi connectivity index (χ0) is 15.2. The normalized spacial score (nSPS) is 10.5. The predicted molar refractivity (Wildman–Crippen MR) is 84.9 cm³/mol. The molecule has 0 spiro atoms. The number of ether oxygens (including phenoxy) is 1. The standard InChI is InChI=1S/C14H28N2O3Si/c1-4-6-9-16(10-7-12-20-3)14(18)15-8-11-19-13(17)5-2/h5H,2,4,6-12,20H2,1,3H3,(H,15,18). The quantitative estimate of drug-likeness (QED) is 0.273. The zero-order valence-corrected chi connectivity index (χ0v) is 14.2. The molecular weight excluding hydrogens is 272 g/mol. The summed E-state index contributed by atoms with van der Waals surface area (Å²) < 4.78 is 4.82. The molecule has 1 N–H and O–H groups in total. The van der Waals surface area contributed by atoms with Crippen molar-refractivity contribution in [1.29, 1.82) is 0 Å². The molecule has 20 heavy (non-hydrogen) atoms. The first-order valence-corrected chi connectivity index (χ1v) is 9.89. The molecule has 5 nitrogen and oxygen atoms in total. The molecule has 0 saturated heterocycles. The second-order valence-corrected chi connectivity index (χ2v) is 6.36. The number of urea groups is 1. The average Bonchev–Trinajstić information content (AvgIpc) is 2.46. The van der Waals surface area contributed by atoms with Crippen LogP contribution in [0.15, 0.2) is 12.7 Å². The number of unbranched alkanes of at least 4 members (excludes halogenated alkanes) is 1. The van der Waals surface area contributed by atoms with Crippen molar-refractivity contribution in [3.63, 3.8) is 0 Å². The molecule has 0 aromatic carbocycles. The molecule has 0 aliphatic heterocycles. The van der Waals surface area contributed by atoms with Gasteiger partial charge in [-0.1, -0.05) is 32.5 Å². The highest BCUT2D eigenvalue weighted by molar-refractivity contribution is 6.33. The van der Waals surface area contributed by atoms with E-state index in [9.17, 15) is 9.59 Å². The molecule has 0 aromatic heterocycles. The molecule has 0 radical (unpaired) electrons. The number of carbonyl (C=O) groups is 2. The van der Waals surface area contributed by atoms with Gasteiger partial charge in [0.2, 0.25) is 0 Å². The van der Waals surface area contributed by atoms with Crippen molar-refractivity contribution in [2.24, 2.45) is 0 Å². The van der Waals surface area contributed by atoms with Gasteiger partial charge in [0.05, 0.1) is 6.54 Å².